The predicted molar refractivity (Wildman–Crippen MR) is 139 cm³/mol. The number of methoxy groups -OCH3 is 1. The molecule has 2 aromatic heterocycles. The fourth-order valence-electron chi connectivity index (χ4n) is 3.99. The van der Waals surface area contributed by atoms with E-state index in [4.69, 9.17) is 10.5 Å². The monoisotopic (exact) mass is 571 g/mol. The summed E-state index contributed by atoms with van der Waals surface area (Å²) < 4.78 is 89.4. The summed E-state index contributed by atoms with van der Waals surface area (Å²) in [6.07, 6.45) is 1.28. The molecule has 0 saturated heterocycles. The molecule has 204 valence electrons. The number of fused-ring (bicyclic) bond motifs is 1. The molecule has 0 unspecified atom stereocenters. The molecule has 14 heteroatoms. The van der Waals surface area contributed by atoms with Gasteiger partial charge in [0, 0.05) is 23.9 Å². The maximum absolute atomic E-state index is 14.5. The Balaban J connectivity index is 1.62. The van der Waals surface area contributed by atoms with Crippen LogP contribution in [0.15, 0.2) is 76.6 Å². The van der Waals surface area contributed by atoms with E-state index < -0.39 is 49.4 Å². The molecule has 0 bridgehead atoms. The number of hydrogen-bond donors (Lipinski definition) is 2. The number of nitrogen functional groups attached to an aromatic ring is 1. The van der Waals surface area contributed by atoms with E-state index >= 15 is 0 Å². The van der Waals surface area contributed by atoms with Crippen molar-refractivity contribution in [2.75, 3.05) is 17.6 Å². The van der Waals surface area contributed by atoms with Gasteiger partial charge in [-0.2, -0.15) is 0 Å². The molecular weight excluding hydrogens is 554 g/mol. The Kier molecular flexibility index (Phi) is 6.63. The molecule has 5 rings (SSSR count). The van der Waals surface area contributed by atoms with Gasteiger partial charge in [0.1, 0.15) is 28.2 Å². The Morgan fingerprint density at radius 3 is 2.27 bits per heavy atom. The normalized spacial score (nSPS) is 11.5. The molecule has 0 fully saturated rings. The first-order chi connectivity index (χ1) is 19.0. The molecule has 40 heavy (non-hydrogen) atoms. The average molecular weight is 572 g/mol. The van der Waals surface area contributed by atoms with E-state index in [9.17, 15) is 30.8 Å². The van der Waals surface area contributed by atoms with Crippen molar-refractivity contribution in [3.8, 4) is 22.7 Å². The van der Waals surface area contributed by atoms with E-state index in [2.05, 4.69) is 9.97 Å². The average Bonchev–Trinajstić information content (AvgIpc) is 2.91. The molecule has 0 radical (unpaired) electrons. The Morgan fingerprint density at radius 2 is 1.60 bits per heavy atom. The van der Waals surface area contributed by atoms with E-state index in [0.717, 1.165) is 28.8 Å². The quantitative estimate of drug-likeness (QED) is 0.289. The molecule has 0 aliphatic rings. The summed E-state index contributed by atoms with van der Waals surface area (Å²) in [6.45, 7) is 0. The topological polar surface area (TPSA) is 129 Å². The van der Waals surface area contributed by atoms with Crippen molar-refractivity contribution in [3.63, 3.8) is 0 Å². The number of hydrogen-bond acceptors (Lipinski definition) is 7. The number of nitrogens with one attached hydrogen (secondary N) is 1. The number of anilines is 2. The van der Waals surface area contributed by atoms with Crippen molar-refractivity contribution in [2.24, 2.45) is 0 Å². The van der Waals surface area contributed by atoms with Gasteiger partial charge in [-0.25, -0.2) is 40.5 Å². The molecule has 0 spiro atoms. The van der Waals surface area contributed by atoms with Crippen LogP contribution in [0.4, 0.5) is 29.2 Å². The van der Waals surface area contributed by atoms with E-state index in [1.807, 2.05) is 4.72 Å². The van der Waals surface area contributed by atoms with Crippen LogP contribution in [0.5, 0.6) is 5.88 Å². The van der Waals surface area contributed by atoms with Crippen LogP contribution in [0.3, 0.4) is 0 Å². The maximum atomic E-state index is 14.5. The molecule has 0 aliphatic heterocycles. The molecule has 9 nitrogen and oxygen atoms in total. The maximum Gasteiger partial charge on any atom is 0.267 e. The molecule has 0 atom stereocenters. The summed E-state index contributed by atoms with van der Waals surface area (Å²) in [4.78, 5) is 21.0. The molecule has 3 N–H and O–H groups in total. The fourth-order valence-corrected chi connectivity index (χ4v) is 5.20. The minimum Gasteiger partial charge on any atom is -0.480 e. The number of nitrogens with two attached hydrogens (primary N) is 1. The molecular formula is C26H17F4N5O4S. The number of pyridine rings is 1. The van der Waals surface area contributed by atoms with Crippen molar-refractivity contribution >= 4 is 32.6 Å². The standard InChI is InChI=1S/C26H17F4N5O4S/c1-39-24-23(40(37,38)34-21-6-3-15(27)10-18(21)29)9-14(12-32-24)13-2-5-20-17(8-13)25(36)35(26(31)33-20)22-7-4-16(28)11-19(22)30/h2-12,34H,1H3,(H2,31,33). The smallest absolute Gasteiger partial charge is 0.267 e. The summed E-state index contributed by atoms with van der Waals surface area (Å²) in [7, 11) is -3.31. The fraction of sp³-hybridized carbons (Fsp3) is 0.0385. The highest BCUT2D eigenvalue weighted by Gasteiger charge is 2.24. The zero-order valence-electron chi connectivity index (χ0n) is 20.3. The van der Waals surface area contributed by atoms with Crippen molar-refractivity contribution in [2.45, 2.75) is 4.90 Å². The van der Waals surface area contributed by atoms with Gasteiger partial charge in [-0.3, -0.25) is 9.52 Å². The Hall–Kier alpha value is -4.98. The van der Waals surface area contributed by atoms with E-state index in [0.29, 0.717) is 17.7 Å². The molecule has 0 saturated carbocycles. The number of sulfonamides is 1. The summed E-state index contributed by atoms with van der Waals surface area (Å²) in [5.41, 5.74) is 4.99. The third kappa shape index (κ3) is 4.80. The van der Waals surface area contributed by atoms with Crippen molar-refractivity contribution in [1.29, 1.82) is 0 Å². The van der Waals surface area contributed by atoms with Gasteiger partial charge in [-0.1, -0.05) is 6.07 Å². The second kappa shape index (κ2) is 9.96. The number of halogens is 4. The van der Waals surface area contributed by atoms with Crippen LogP contribution in [0.2, 0.25) is 0 Å². The molecule has 2 heterocycles. The number of aromatic nitrogens is 3. The van der Waals surface area contributed by atoms with Crippen LogP contribution in [-0.2, 0) is 10.0 Å². The first-order valence-electron chi connectivity index (χ1n) is 11.3. The number of ether oxygens (including phenoxy) is 1. The van der Waals surface area contributed by atoms with Crippen LogP contribution in [0.1, 0.15) is 0 Å². The second-order valence-electron chi connectivity index (χ2n) is 8.40. The van der Waals surface area contributed by atoms with Crippen LogP contribution in [0, 0.1) is 23.3 Å². The third-order valence-electron chi connectivity index (χ3n) is 5.85. The summed E-state index contributed by atoms with van der Waals surface area (Å²) >= 11 is 0. The van der Waals surface area contributed by atoms with Gasteiger partial charge < -0.3 is 10.5 Å². The second-order valence-corrected chi connectivity index (χ2v) is 10.1. The van der Waals surface area contributed by atoms with Gasteiger partial charge >= 0.3 is 0 Å². The summed E-state index contributed by atoms with van der Waals surface area (Å²) in [5, 5.41) is -0.0119. The molecule has 0 amide bonds. The first kappa shape index (κ1) is 26.6. The Morgan fingerprint density at radius 1 is 0.900 bits per heavy atom. The number of nitrogens with zero attached hydrogens (tertiary/aromatic N) is 3. The molecule has 5 aromatic rings. The predicted octanol–water partition coefficient (Wildman–Crippen LogP) is 4.40. The Labute approximate surface area is 223 Å². The lowest BCUT2D eigenvalue weighted by molar-refractivity contribution is 0.385. The largest absolute Gasteiger partial charge is 0.480 e. The van der Waals surface area contributed by atoms with Crippen LogP contribution in [-0.4, -0.2) is 30.1 Å². The summed E-state index contributed by atoms with van der Waals surface area (Å²) in [5.74, 6) is -4.57. The third-order valence-corrected chi connectivity index (χ3v) is 7.21. The number of benzene rings is 3. The van der Waals surface area contributed by atoms with Gasteiger partial charge in [-0.15, -0.1) is 0 Å². The van der Waals surface area contributed by atoms with E-state index in [1.165, 1.54) is 37.6 Å². The van der Waals surface area contributed by atoms with Crippen molar-refractivity contribution in [1.82, 2.24) is 14.5 Å². The Bertz CT molecular complexity index is 1980. The highest BCUT2D eigenvalue weighted by molar-refractivity contribution is 7.92. The minimum atomic E-state index is -4.50. The van der Waals surface area contributed by atoms with Crippen LogP contribution >= 0.6 is 0 Å². The van der Waals surface area contributed by atoms with Crippen LogP contribution in [0.25, 0.3) is 27.7 Å². The highest BCUT2D eigenvalue weighted by Crippen LogP contribution is 2.31. The van der Waals surface area contributed by atoms with E-state index in [1.54, 1.807) is 0 Å². The molecule has 0 aliphatic carbocycles. The SMILES string of the molecule is COc1ncc(-c2ccc3nc(N)n(-c4ccc(F)cc4F)c(=O)c3c2)cc1S(=O)(=O)Nc1ccc(F)cc1F. The first-order valence-corrected chi connectivity index (χ1v) is 12.8. The van der Waals surface area contributed by atoms with Gasteiger partial charge in [0.2, 0.25) is 11.8 Å². The molecule has 3 aromatic carbocycles. The van der Waals surface area contributed by atoms with Gasteiger partial charge in [0.25, 0.3) is 15.6 Å². The van der Waals surface area contributed by atoms with Crippen LogP contribution < -0.4 is 20.8 Å². The summed E-state index contributed by atoms with van der Waals surface area (Å²) in [6, 6.07) is 10.4. The van der Waals surface area contributed by atoms with E-state index in [-0.39, 0.29) is 34.0 Å². The van der Waals surface area contributed by atoms with Crippen molar-refractivity contribution < 1.29 is 30.7 Å². The lowest BCUT2D eigenvalue weighted by Gasteiger charge is -2.14. The van der Waals surface area contributed by atoms with Gasteiger partial charge in [-0.05, 0) is 48.0 Å². The van der Waals surface area contributed by atoms with Crippen molar-refractivity contribution in [3.05, 3.63) is 100 Å². The lowest BCUT2D eigenvalue weighted by atomic mass is 10.1. The minimum absolute atomic E-state index is 0.0119. The lowest BCUT2D eigenvalue weighted by Crippen LogP contribution is -2.24. The van der Waals surface area contributed by atoms with Gasteiger partial charge in [0.05, 0.1) is 29.4 Å². The highest BCUT2D eigenvalue weighted by atomic mass is 32.2. The van der Waals surface area contributed by atoms with Gasteiger partial charge in [0.15, 0.2) is 0 Å². The number of rotatable bonds is 6. The zero-order chi connectivity index (χ0) is 28.8. The zero-order valence-corrected chi connectivity index (χ0v) is 21.1.